The smallest absolute Gasteiger partial charge is 0.416 e. The number of hydrogen-bond acceptors (Lipinski definition) is 3. The van der Waals surface area contributed by atoms with Crippen LogP contribution in [0.1, 0.15) is 48.9 Å². The zero-order chi connectivity index (χ0) is 25.7. The Morgan fingerprint density at radius 1 is 1.11 bits per heavy atom. The van der Waals surface area contributed by atoms with Gasteiger partial charge in [-0.1, -0.05) is 12.1 Å². The van der Waals surface area contributed by atoms with Crippen molar-refractivity contribution in [1.82, 2.24) is 14.8 Å². The van der Waals surface area contributed by atoms with Gasteiger partial charge in [0, 0.05) is 31.0 Å². The average molecular weight is 500 g/mol. The van der Waals surface area contributed by atoms with Crippen molar-refractivity contribution in [1.29, 1.82) is 0 Å². The van der Waals surface area contributed by atoms with Crippen LogP contribution >= 0.6 is 0 Å². The Morgan fingerprint density at radius 2 is 1.83 bits per heavy atom. The van der Waals surface area contributed by atoms with E-state index in [1.54, 1.807) is 7.11 Å². The molecule has 0 unspecified atom stereocenters. The molecule has 2 aromatic carbocycles. The summed E-state index contributed by atoms with van der Waals surface area (Å²) in [5, 5.41) is 3.10. The van der Waals surface area contributed by atoms with Crippen LogP contribution in [0.3, 0.4) is 0 Å². The second kappa shape index (κ2) is 11.2. The van der Waals surface area contributed by atoms with E-state index in [0.717, 1.165) is 61.5 Å². The molecule has 1 fully saturated rings. The molecule has 0 aliphatic carbocycles. The third-order valence-electron chi connectivity index (χ3n) is 6.81. The maximum atomic E-state index is 12.8. The number of ether oxygens (including phenoxy) is 1. The minimum Gasteiger partial charge on any atom is -0.497 e. The average Bonchev–Trinajstić information content (AvgIpc) is 3.33. The van der Waals surface area contributed by atoms with Crippen molar-refractivity contribution in [3.63, 3.8) is 0 Å². The number of carbonyl (C=O) groups excluding carboxylic acids is 1. The largest absolute Gasteiger partial charge is 0.497 e. The van der Waals surface area contributed by atoms with E-state index in [1.807, 2.05) is 54.2 Å². The third-order valence-corrected chi connectivity index (χ3v) is 6.81. The van der Waals surface area contributed by atoms with Gasteiger partial charge in [0.2, 0.25) is 5.91 Å². The number of aromatic nitrogens is 1. The van der Waals surface area contributed by atoms with Gasteiger partial charge >= 0.3 is 6.18 Å². The zero-order valence-corrected chi connectivity index (χ0v) is 20.6. The van der Waals surface area contributed by atoms with E-state index in [2.05, 4.69) is 10.2 Å². The minimum atomic E-state index is -4.33. The number of benzene rings is 2. The summed E-state index contributed by atoms with van der Waals surface area (Å²) in [5.41, 5.74) is 2.17. The molecule has 4 rings (SSSR count). The van der Waals surface area contributed by atoms with Gasteiger partial charge in [-0.05, 0) is 92.4 Å². The lowest BCUT2D eigenvalue weighted by Crippen LogP contribution is -2.36. The number of halogens is 3. The molecule has 0 bridgehead atoms. The van der Waals surface area contributed by atoms with Crippen molar-refractivity contribution in [2.45, 2.75) is 44.9 Å². The highest BCUT2D eigenvalue weighted by Gasteiger charge is 2.30. The van der Waals surface area contributed by atoms with Crippen molar-refractivity contribution < 1.29 is 22.7 Å². The van der Waals surface area contributed by atoms with E-state index >= 15 is 0 Å². The summed E-state index contributed by atoms with van der Waals surface area (Å²) in [6, 6.07) is 14.8. The predicted octanol–water partition coefficient (Wildman–Crippen LogP) is 5.98. The molecule has 1 aliphatic heterocycles. The molecule has 1 aromatic heterocycles. The lowest BCUT2D eigenvalue weighted by Gasteiger charge is -2.31. The summed E-state index contributed by atoms with van der Waals surface area (Å²) >= 11 is 0. The number of likely N-dealkylation sites (tertiary alicyclic amines) is 1. The molecule has 1 atom stereocenters. The topological polar surface area (TPSA) is 46.5 Å². The monoisotopic (exact) mass is 499 g/mol. The Bertz CT molecular complexity index is 1150. The maximum absolute atomic E-state index is 12.8. The number of alkyl halides is 3. The molecule has 36 heavy (non-hydrogen) atoms. The first-order valence-corrected chi connectivity index (χ1v) is 12.2. The number of hydrogen-bond donors (Lipinski definition) is 1. The second-order valence-corrected chi connectivity index (χ2v) is 9.46. The minimum absolute atomic E-state index is 0.0670. The van der Waals surface area contributed by atoms with Crippen LogP contribution in [0, 0.1) is 5.92 Å². The molecule has 1 N–H and O–H groups in total. The first-order chi connectivity index (χ1) is 17.2. The van der Waals surface area contributed by atoms with Crippen LogP contribution in [0.2, 0.25) is 0 Å². The molecule has 8 heteroatoms. The van der Waals surface area contributed by atoms with E-state index in [0.29, 0.717) is 18.0 Å². The number of rotatable bonds is 8. The zero-order valence-electron chi connectivity index (χ0n) is 20.6. The molecular weight excluding hydrogens is 467 g/mol. The van der Waals surface area contributed by atoms with Gasteiger partial charge in [0.25, 0.3) is 0 Å². The van der Waals surface area contributed by atoms with Crippen molar-refractivity contribution >= 4 is 5.91 Å². The first kappa shape index (κ1) is 25.8. The summed E-state index contributed by atoms with van der Waals surface area (Å²) in [7, 11) is 1.63. The Labute approximate surface area is 209 Å². The Morgan fingerprint density at radius 3 is 2.50 bits per heavy atom. The molecule has 192 valence electrons. The molecule has 0 saturated carbocycles. The van der Waals surface area contributed by atoms with E-state index < -0.39 is 11.7 Å². The second-order valence-electron chi connectivity index (χ2n) is 9.46. The molecule has 5 nitrogen and oxygen atoms in total. The highest BCUT2D eigenvalue weighted by atomic mass is 19.4. The fourth-order valence-corrected chi connectivity index (χ4v) is 4.68. The normalized spacial score (nSPS) is 16.0. The van der Waals surface area contributed by atoms with Crippen molar-refractivity contribution in [3.05, 3.63) is 83.7 Å². The number of amides is 1. The first-order valence-electron chi connectivity index (χ1n) is 12.2. The quantitative estimate of drug-likeness (QED) is 0.415. The van der Waals surface area contributed by atoms with E-state index in [1.165, 1.54) is 12.1 Å². The van der Waals surface area contributed by atoms with Crippen molar-refractivity contribution in [2.75, 3.05) is 20.2 Å². The summed E-state index contributed by atoms with van der Waals surface area (Å²) < 4.78 is 45.5. The fourth-order valence-electron chi connectivity index (χ4n) is 4.68. The van der Waals surface area contributed by atoms with Crippen LogP contribution in [-0.4, -0.2) is 35.6 Å². The molecule has 0 spiro atoms. The van der Waals surface area contributed by atoms with Crippen LogP contribution in [0.25, 0.3) is 5.69 Å². The van der Waals surface area contributed by atoms with E-state index in [-0.39, 0.29) is 11.9 Å². The van der Waals surface area contributed by atoms with Gasteiger partial charge in [-0.25, -0.2) is 0 Å². The van der Waals surface area contributed by atoms with Gasteiger partial charge in [-0.15, -0.1) is 0 Å². The Balaban J connectivity index is 1.23. The van der Waals surface area contributed by atoms with Crippen LogP contribution in [-0.2, 0) is 17.5 Å². The van der Waals surface area contributed by atoms with E-state index in [9.17, 15) is 18.0 Å². The number of carbonyl (C=O) groups is 1. The van der Waals surface area contributed by atoms with Gasteiger partial charge in [0.15, 0.2) is 0 Å². The van der Waals surface area contributed by atoms with Crippen LogP contribution in [0.5, 0.6) is 5.75 Å². The van der Waals surface area contributed by atoms with Crippen molar-refractivity contribution in [3.8, 4) is 11.4 Å². The fraction of sp³-hybridized carbons (Fsp3) is 0.393. The van der Waals surface area contributed by atoms with E-state index in [4.69, 9.17) is 4.74 Å². The Hall–Kier alpha value is -3.26. The van der Waals surface area contributed by atoms with Gasteiger partial charge in [0.05, 0.1) is 18.7 Å². The number of piperidine rings is 1. The number of nitrogens with one attached hydrogen (secondary N) is 1. The molecule has 1 amide bonds. The van der Waals surface area contributed by atoms with Crippen molar-refractivity contribution in [2.24, 2.45) is 5.92 Å². The molecule has 2 heterocycles. The summed E-state index contributed by atoms with van der Waals surface area (Å²) in [4.78, 5) is 15.0. The summed E-state index contributed by atoms with van der Waals surface area (Å²) in [5.74, 6) is 1.20. The SMILES string of the molecule is COc1cccc([C@@H](C)NC(=O)CC2CCN(Cc3ccn(-c4ccc(C(F)(F)F)cc4)c3)CC2)c1. The molecular formula is C28H32F3N3O2. The van der Waals surface area contributed by atoms with Crippen LogP contribution in [0.4, 0.5) is 13.2 Å². The Kier molecular flexibility index (Phi) is 8.04. The standard InChI is InChI=1S/C28H32F3N3O2/c1-20(23-4-3-5-26(17-23)36-2)32-27(35)16-21-10-13-33(14-11-21)18-22-12-15-34(19-22)25-8-6-24(7-9-25)28(29,30)31/h3-9,12,15,17,19-21H,10-11,13-14,16,18H2,1-2H3,(H,32,35)/t20-/m1/s1. The van der Waals surface area contributed by atoms with Gasteiger partial charge in [0.1, 0.15) is 5.75 Å². The van der Waals surface area contributed by atoms with Gasteiger partial charge in [-0.3, -0.25) is 9.69 Å². The number of nitrogens with zero attached hydrogens (tertiary/aromatic N) is 2. The predicted molar refractivity (Wildman–Crippen MR) is 133 cm³/mol. The van der Waals surface area contributed by atoms with Crippen LogP contribution in [0.15, 0.2) is 67.0 Å². The molecule has 3 aromatic rings. The molecule has 0 radical (unpaired) electrons. The van der Waals surface area contributed by atoms with Crippen LogP contribution < -0.4 is 10.1 Å². The lowest BCUT2D eigenvalue weighted by atomic mass is 9.93. The van der Waals surface area contributed by atoms with Gasteiger partial charge < -0.3 is 14.6 Å². The van der Waals surface area contributed by atoms with Gasteiger partial charge in [-0.2, -0.15) is 13.2 Å². The summed E-state index contributed by atoms with van der Waals surface area (Å²) in [6.07, 6.45) is 1.94. The number of methoxy groups -OCH3 is 1. The lowest BCUT2D eigenvalue weighted by molar-refractivity contribution is -0.137. The highest BCUT2D eigenvalue weighted by molar-refractivity contribution is 5.76. The molecule has 1 saturated heterocycles. The summed E-state index contributed by atoms with van der Waals surface area (Å²) in [6.45, 7) is 4.58. The third kappa shape index (κ3) is 6.69. The highest BCUT2D eigenvalue weighted by Crippen LogP contribution is 2.30. The maximum Gasteiger partial charge on any atom is 0.416 e. The molecule has 1 aliphatic rings.